The molecule has 2 amide bonds. The molecule has 0 saturated carbocycles. The molecule has 0 aromatic heterocycles. The van der Waals surface area contributed by atoms with Gasteiger partial charge in [0.05, 0.1) is 16.3 Å². The second-order valence-electron chi connectivity index (χ2n) is 6.87. The first kappa shape index (κ1) is 24.0. The second-order valence-corrected chi connectivity index (χ2v) is 7.68. The van der Waals surface area contributed by atoms with E-state index in [0.29, 0.717) is 27.5 Å². The summed E-state index contributed by atoms with van der Waals surface area (Å²) in [7, 11) is 0. The van der Waals surface area contributed by atoms with Gasteiger partial charge in [-0.15, -0.1) is 0 Å². The van der Waals surface area contributed by atoms with Crippen molar-refractivity contribution in [1.29, 1.82) is 0 Å². The van der Waals surface area contributed by atoms with Crippen LogP contribution in [-0.4, -0.2) is 23.5 Å². The molecule has 0 spiro atoms. The molecule has 0 fully saturated rings. The highest BCUT2D eigenvalue weighted by Crippen LogP contribution is 2.24. The Morgan fingerprint density at radius 3 is 2.18 bits per heavy atom. The fraction of sp³-hybridized carbons (Fsp3) is 0.0833. The van der Waals surface area contributed by atoms with E-state index in [-0.39, 0.29) is 16.3 Å². The molecule has 0 unspecified atom stereocenters. The molecule has 0 radical (unpaired) electrons. The molecule has 9 heteroatoms. The minimum Gasteiger partial charge on any atom is -0.422 e. The molecule has 33 heavy (non-hydrogen) atoms. The molecule has 3 rings (SSSR count). The van der Waals surface area contributed by atoms with Crippen LogP contribution in [0, 0.1) is 6.92 Å². The van der Waals surface area contributed by atoms with Gasteiger partial charge in [-0.2, -0.15) is 5.10 Å². The Kier molecular flexibility index (Phi) is 7.82. The molecule has 3 aromatic carbocycles. The molecular weight excluding hydrogens is 465 g/mol. The van der Waals surface area contributed by atoms with E-state index in [1.54, 1.807) is 80.6 Å². The number of benzene rings is 3. The number of nitrogens with zero attached hydrogens (tertiary/aromatic N) is 1. The molecule has 3 aromatic rings. The molecular formula is C24H19Cl2N3O4. The summed E-state index contributed by atoms with van der Waals surface area (Å²) >= 11 is 12.1. The molecule has 0 aliphatic carbocycles. The van der Waals surface area contributed by atoms with Crippen LogP contribution in [-0.2, 0) is 9.59 Å². The highest BCUT2D eigenvalue weighted by molar-refractivity contribution is 6.40. The van der Waals surface area contributed by atoms with E-state index in [1.165, 1.54) is 0 Å². The number of hydrazone groups is 1. The summed E-state index contributed by atoms with van der Waals surface area (Å²) in [5.41, 5.74) is 4.23. The number of halogens is 2. The zero-order valence-corrected chi connectivity index (χ0v) is 19.2. The lowest BCUT2D eigenvalue weighted by Crippen LogP contribution is -2.33. The lowest BCUT2D eigenvalue weighted by molar-refractivity contribution is -0.136. The van der Waals surface area contributed by atoms with Gasteiger partial charge in [-0.25, -0.2) is 10.2 Å². The van der Waals surface area contributed by atoms with E-state index in [4.69, 9.17) is 27.9 Å². The fourth-order valence-corrected chi connectivity index (χ4v) is 3.19. The van der Waals surface area contributed by atoms with Crippen molar-refractivity contribution in [3.63, 3.8) is 0 Å². The third-order valence-corrected chi connectivity index (χ3v) is 5.36. The average Bonchev–Trinajstić information content (AvgIpc) is 2.80. The van der Waals surface area contributed by atoms with Crippen LogP contribution in [0.3, 0.4) is 0 Å². The van der Waals surface area contributed by atoms with Crippen LogP contribution >= 0.6 is 23.2 Å². The number of carbonyl (C=O) groups excluding carboxylic acids is 3. The van der Waals surface area contributed by atoms with Crippen LogP contribution < -0.4 is 15.5 Å². The van der Waals surface area contributed by atoms with Gasteiger partial charge in [0.25, 0.3) is 0 Å². The first-order valence-electron chi connectivity index (χ1n) is 9.74. The Morgan fingerprint density at radius 1 is 0.818 bits per heavy atom. The van der Waals surface area contributed by atoms with Crippen LogP contribution in [0.1, 0.15) is 28.4 Å². The number of hydrogen-bond donors (Lipinski definition) is 2. The standard InChI is InChI=1S/C24H19Cl2N3O4/c1-14-18(25)11-7-12-20(14)27-22(30)23(31)29-28-15(2)16-8-4-6-13-21(16)33-24(32)17-9-3-5-10-19(17)26/h3-13H,1-2H3,(H,27,30)(H,29,31)/b28-15+. The summed E-state index contributed by atoms with van der Waals surface area (Å²) in [6, 6.07) is 18.1. The number of rotatable bonds is 5. The summed E-state index contributed by atoms with van der Waals surface area (Å²) in [6.07, 6.45) is 0. The highest BCUT2D eigenvalue weighted by Gasteiger charge is 2.17. The van der Waals surface area contributed by atoms with Crippen molar-refractivity contribution in [2.24, 2.45) is 5.10 Å². The van der Waals surface area contributed by atoms with Gasteiger partial charge in [0.15, 0.2) is 0 Å². The van der Waals surface area contributed by atoms with Crippen molar-refractivity contribution < 1.29 is 19.1 Å². The lowest BCUT2D eigenvalue weighted by Gasteiger charge is -2.11. The Labute approximate surface area is 200 Å². The Hall–Kier alpha value is -3.68. The smallest absolute Gasteiger partial charge is 0.345 e. The topological polar surface area (TPSA) is 96.9 Å². The lowest BCUT2D eigenvalue weighted by atomic mass is 10.1. The maximum Gasteiger partial charge on any atom is 0.345 e. The monoisotopic (exact) mass is 483 g/mol. The van der Waals surface area contributed by atoms with Crippen LogP contribution in [0.25, 0.3) is 0 Å². The molecule has 0 heterocycles. The average molecular weight is 484 g/mol. The van der Waals surface area contributed by atoms with Crippen LogP contribution in [0.5, 0.6) is 5.75 Å². The first-order chi connectivity index (χ1) is 15.8. The molecule has 168 valence electrons. The van der Waals surface area contributed by atoms with E-state index in [0.717, 1.165) is 0 Å². The maximum absolute atomic E-state index is 12.5. The number of esters is 1. The molecule has 0 aliphatic heterocycles. The van der Waals surface area contributed by atoms with Crippen molar-refractivity contribution in [3.05, 3.63) is 93.5 Å². The maximum atomic E-state index is 12.5. The van der Waals surface area contributed by atoms with Gasteiger partial charge in [-0.05, 0) is 55.8 Å². The van der Waals surface area contributed by atoms with Crippen molar-refractivity contribution in [1.82, 2.24) is 5.43 Å². The molecule has 0 saturated heterocycles. The van der Waals surface area contributed by atoms with Crippen LogP contribution in [0.15, 0.2) is 71.8 Å². The molecule has 0 aliphatic rings. The molecule has 0 atom stereocenters. The van der Waals surface area contributed by atoms with Gasteiger partial charge in [-0.3, -0.25) is 9.59 Å². The summed E-state index contributed by atoms with van der Waals surface area (Å²) < 4.78 is 5.48. The van der Waals surface area contributed by atoms with Gasteiger partial charge in [-0.1, -0.05) is 53.5 Å². The predicted octanol–water partition coefficient (Wildman–Crippen LogP) is 5.00. The molecule has 2 N–H and O–H groups in total. The number of para-hydroxylation sites is 1. The van der Waals surface area contributed by atoms with E-state index in [1.807, 2.05) is 0 Å². The van der Waals surface area contributed by atoms with E-state index < -0.39 is 17.8 Å². The van der Waals surface area contributed by atoms with Gasteiger partial charge in [0.2, 0.25) is 0 Å². The van der Waals surface area contributed by atoms with Crippen LogP contribution in [0.2, 0.25) is 10.0 Å². The number of nitrogens with one attached hydrogen (secondary N) is 2. The van der Waals surface area contributed by atoms with E-state index in [2.05, 4.69) is 15.8 Å². The Bertz CT molecular complexity index is 1260. The van der Waals surface area contributed by atoms with Crippen molar-refractivity contribution in [2.45, 2.75) is 13.8 Å². The normalized spacial score (nSPS) is 11.0. The number of carbonyl (C=O) groups is 3. The highest BCUT2D eigenvalue weighted by atomic mass is 35.5. The molecule has 7 nitrogen and oxygen atoms in total. The second kappa shape index (κ2) is 10.8. The Balaban J connectivity index is 1.71. The van der Waals surface area contributed by atoms with Crippen molar-refractivity contribution in [2.75, 3.05) is 5.32 Å². The minimum atomic E-state index is -0.973. The summed E-state index contributed by atoms with van der Waals surface area (Å²) in [5.74, 6) is -2.30. The van der Waals surface area contributed by atoms with Crippen molar-refractivity contribution >= 4 is 52.4 Å². The van der Waals surface area contributed by atoms with Crippen molar-refractivity contribution in [3.8, 4) is 5.75 Å². The van der Waals surface area contributed by atoms with Gasteiger partial charge in [0.1, 0.15) is 5.75 Å². The Morgan fingerprint density at radius 2 is 1.45 bits per heavy atom. The predicted molar refractivity (Wildman–Crippen MR) is 128 cm³/mol. The van der Waals surface area contributed by atoms with E-state index in [9.17, 15) is 14.4 Å². The number of amides is 2. The quantitative estimate of drug-likeness (QED) is 0.175. The number of anilines is 1. The summed E-state index contributed by atoms with van der Waals surface area (Å²) in [5, 5.41) is 7.18. The zero-order valence-electron chi connectivity index (χ0n) is 17.7. The van der Waals surface area contributed by atoms with Crippen LogP contribution in [0.4, 0.5) is 5.69 Å². The zero-order chi connectivity index (χ0) is 24.0. The third-order valence-electron chi connectivity index (χ3n) is 4.62. The largest absolute Gasteiger partial charge is 0.422 e. The minimum absolute atomic E-state index is 0.213. The van der Waals surface area contributed by atoms with Gasteiger partial charge >= 0.3 is 17.8 Å². The SMILES string of the molecule is C/C(=N\NC(=O)C(=O)Nc1cccc(Cl)c1C)c1ccccc1OC(=O)c1ccccc1Cl. The fourth-order valence-electron chi connectivity index (χ4n) is 2.80. The molecule has 0 bridgehead atoms. The first-order valence-corrected chi connectivity index (χ1v) is 10.5. The van der Waals surface area contributed by atoms with Gasteiger partial charge < -0.3 is 10.1 Å². The van der Waals surface area contributed by atoms with Gasteiger partial charge in [0, 0.05) is 16.3 Å². The number of hydrogen-bond acceptors (Lipinski definition) is 5. The summed E-state index contributed by atoms with van der Waals surface area (Å²) in [4.78, 5) is 36.9. The summed E-state index contributed by atoms with van der Waals surface area (Å²) in [6.45, 7) is 3.32. The number of ether oxygens (including phenoxy) is 1. The third kappa shape index (κ3) is 5.97. The van der Waals surface area contributed by atoms with E-state index >= 15 is 0 Å².